The van der Waals surface area contributed by atoms with Crippen molar-refractivity contribution in [2.75, 3.05) is 41.0 Å². The standard InChI is InChI=1S/C61H97NO7/c1-6-8-10-12-14-16-18-20-22-24-26-28-30-32-34-36-38-40-42-44-46-48-50-52-60(64)69-57(55-67-54-53-58(61(65)66)62(3,4)5)56-68-59(63)51-49-47-45-43-41-39-37-35-33-31-29-27-25-23-21-19-17-15-13-11-9-7-2/h8-11,14-17,20-23,26-29,32-35,39,41,57-58H,6-7,12-13,18-19,24-25,30-31,36-38,40,42-56H2,1-5H3/p+1/b10-8+,11-9+,16-14+,17-15+,22-20+,23-21+,28-26+,29-27+,34-32+,35-33+,41-39+. The molecular formula is C61H98NO7+. The second-order valence-electron chi connectivity index (χ2n) is 18.4. The maximum Gasteiger partial charge on any atom is 0.362 e. The zero-order valence-corrected chi connectivity index (χ0v) is 44.2. The summed E-state index contributed by atoms with van der Waals surface area (Å²) >= 11 is 0. The smallest absolute Gasteiger partial charge is 0.362 e. The van der Waals surface area contributed by atoms with Gasteiger partial charge in [0.25, 0.3) is 0 Å². The lowest BCUT2D eigenvalue weighted by molar-refractivity contribution is -0.887. The Labute approximate surface area is 422 Å². The van der Waals surface area contributed by atoms with E-state index in [1.54, 1.807) is 0 Å². The van der Waals surface area contributed by atoms with Crippen molar-refractivity contribution in [2.24, 2.45) is 0 Å². The minimum Gasteiger partial charge on any atom is -0.477 e. The molecular weight excluding hydrogens is 859 g/mol. The van der Waals surface area contributed by atoms with Crippen LogP contribution >= 0.6 is 0 Å². The Morgan fingerprint density at radius 1 is 0.435 bits per heavy atom. The second kappa shape index (κ2) is 49.9. The van der Waals surface area contributed by atoms with Crippen LogP contribution in [0.3, 0.4) is 0 Å². The molecule has 0 aliphatic carbocycles. The number of hydrogen-bond donors (Lipinski definition) is 1. The van der Waals surface area contributed by atoms with Gasteiger partial charge in [0.1, 0.15) is 6.61 Å². The minimum absolute atomic E-state index is 0.0358. The first-order valence-corrected chi connectivity index (χ1v) is 26.7. The van der Waals surface area contributed by atoms with E-state index in [4.69, 9.17) is 14.2 Å². The second-order valence-corrected chi connectivity index (χ2v) is 18.4. The third kappa shape index (κ3) is 48.3. The largest absolute Gasteiger partial charge is 0.477 e. The summed E-state index contributed by atoms with van der Waals surface area (Å²) in [5.41, 5.74) is 0. The molecule has 0 aliphatic rings. The molecule has 0 spiro atoms. The fraction of sp³-hybridized carbons (Fsp3) is 0.590. The number of ether oxygens (including phenoxy) is 3. The molecule has 0 aromatic carbocycles. The number of carbonyl (C=O) groups excluding carboxylic acids is 2. The molecule has 0 aromatic heterocycles. The summed E-state index contributed by atoms with van der Waals surface area (Å²) in [6.45, 7) is 4.45. The van der Waals surface area contributed by atoms with Crippen molar-refractivity contribution in [1.82, 2.24) is 0 Å². The number of rotatable bonds is 46. The summed E-state index contributed by atoms with van der Waals surface area (Å²) in [4.78, 5) is 37.2. The van der Waals surface area contributed by atoms with Gasteiger partial charge >= 0.3 is 17.9 Å². The Hall–Kier alpha value is -4.53. The van der Waals surface area contributed by atoms with Gasteiger partial charge in [-0.3, -0.25) is 9.59 Å². The molecule has 0 fully saturated rings. The molecule has 0 rings (SSSR count). The van der Waals surface area contributed by atoms with Crippen LogP contribution in [0.15, 0.2) is 134 Å². The molecule has 8 heteroatoms. The number of hydrogen-bond acceptors (Lipinski definition) is 6. The van der Waals surface area contributed by atoms with Gasteiger partial charge in [0.15, 0.2) is 12.1 Å². The number of nitrogens with zero attached hydrogens (tertiary/aromatic N) is 1. The van der Waals surface area contributed by atoms with Crippen molar-refractivity contribution in [3.05, 3.63) is 134 Å². The Balaban J connectivity index is 4.36. The third-order valence-corrected chi connectivity index (χ3v) is 11.0. The zero-order valence-electron chi connectivity index (χ0n) is 44.2. The average molecular weight is 957 g/mol. The summed E-state index contributed by atoms with van der Waals surface area (Å²) in [5.74, 6) is -1.54. The van der Waals surface area contributed by atoms with Crippen molar-refractivity contribution < 1.29 is 38.2 Å². The lowest BCUT2D eigenvalue weighted by Crippen LogP contribution is -2.50. The molecule has 8 nitrogen and oxygen atoms in total. The highest BCUT2D eigenvalue weighted by atomic mass is 16.6. The summed E-state index contributed by atoms with van der Waals surface area (Å²) in [6.07, 6.45) is 72.2. The number of carbonyl (C=O) groups is 3. The van der Waals surface area contributed by atoms with Gasteiger partial charge in [0.2, 0.25) is 0 Å². The van der Waals surface area contributed by atoms with E-state index in [1.807, 2.05) is 21.1 Å². The topological polar surface area (TPSA) is 99.1 Å². The maximum absolute atomic E-state index is 12.8. The van der Waals surface area contributed by atoms with Crippen LogP contribution in [0.1, 0.15) is 181 Å². The monoisotopic (exact) mass is 957 g/mol. The van der Waals surface area contributed by atoms with Crippen molar-refractivity contribution >= 4 is 17.9 Å². The van der Waals surface area contributed by atoms with E-state index in [-0.39, 0.29) is 36.2 Å². The molecule has 69 heavy (non-hydrogen) atoms. The highest BCUT2D eigenvalue weighted by molar-refractivity contribution is 5.72. The van der Waals surface area contributed by atoms with Gasteiger partial charge < -0.3 is 23.8 Å². The van der Waals surface area contributed by atoms with Gasteiger partial charge in [-0.05, 0) is 109 Å². The number of likely N-dealkylation sites (N-methyl/N-ethyl adjacent to an activating group) is 1. The number of quaternary nitrogens is 1. The predicted molar refractivity (Wildman–Crippen MR) is 293 cm³/mol. The number of unbranched alkanes of at least 4 members (excludes halogenated alkanes) is 10. The molecule has 2 unspecified atom stereocenters. The number of carboxylic acids is 1. The number of carboxylic acid groups (broad SMARTS) is 1. The first-order chi connectivity index (χ1) is 33.6. The molecule has 0 saturated carbocycles. The van der Waals surface area contributed by atoms with Crippen LogP contribution in [-0.2, 0) is 28.6 Å². The summed E-state index contributed by atoms with van der Waals surface area (Å²) in [6, 6.07) is -0.632. The summed E-state index contributed by atoms with van der Waals surface area (Å²) in [5, 5.41) is 9.67. The molecule has 0 heterocycles. The molecule has 0 amide bonds. The van der Waals surface area contributed by atoms with Crippen molar-refractivity contribution in [3.63, 3.8) is 0 Å². The van der Waals surface area contributed by atoms with Crippen LogP contribution < -0.4 is 0 Å². The van der Waals surface area contributed by atoms with Crippen molar-refractivity contribution in [3.8, 4) is 0 Å². The Kier molecular flexibility index (Phi) is 46.6. The van der Waals surface area contributed by atoms with Crippen molar-refractivity contribution in [2.45, 2.75) is 193 Å². The van der Waals surface area contributed by atoms with Crippen LogP contribution in [0.2, 0.25) is 0 Å². The van der Waals surface area contributed by atoms with Gasteiger partial charge in [-0.1, -0.05) is 186 Å². The summed E-state index contributed by atoms with van der Waals surface area (Å²) in [7, 11) is 5.51. The van der Waals surface area contributed by atoms with Gasteiger partial charge in [-0.2, -0.15) is 0 Å². The Bertz CT molecular complexity index is 1580. The first-order valence-electron chi connectivity index (χ1n) is 26.7. The van der Waals surface area contributed by atoms with Crippen LogP contribution in [0, 0.1) is 0 Å². The minimum atomic E-state index is -0.887. The fourth-order valence-electron chi connectivity index (χ4n) is 7.00. The molecule has 0 bridgehead atoms. The van der Waals surface area contributed by atoms with Crippen molar-refractivity contribution in [1.29, 1.82) is 0 Å². The maximum atomic E-state index is 12.8. The average Bonchev–Trinajstić information content (AvgIpc) is 3.31. The zero-order chi connectivity index (χ0) is 50.6. The van der Waals surface area contributed by atoms with E-state index in [0.29, 0.717) is 19.3 Å². The van der Waals surface area contributed by atoms with Crippen LogP contribution in [0.25, 0.3) is 0 Å². The third-order valence-electron chi connectivity index (χ3n) is 11.0. The van der Waals surface area contributed by atoms with Gasteiger partial charge in [-0.15, -0.1) is 0 Å². The van der Waals surface area contributed by atoms with E-state index in [0.717, 1.165) is 128 Å². The van der Waals surface area contributed by atoms with Crippen LogP contribution in [0.5, 0.6) is 0 Å². The highest BCUT2D eigenvalue weighted by Gasteiger charge is 2.31. The van der Waals surface area contributed by atoms with E-state index in [2.05, 4.69) is 148 Å². The Morgan fingerprint density at radius 3 is 1.14 bits per heavy atom. The lowest BCUT2D eigenvalue weighted by atomic mass is 10.1. The lowest BCUT2D eigenvalue weighted by Gasteiger charge is -2.31. The Morgan fingerprint density at radius 2 is 0.768 bits per heavy atom. The molecule has 1 N–H and O–H groups in total. The quantitative estimate of drug-likeness (QED) is 0.0281. The number of esters is 2. The van der Waals surface area contributed by atoms with Crippen LogP contribution in [-0.4, -0.2) is 80.6 Å². The molecule has 0 saturated heterocycles. The van der Waals surface area contributed by atoms with Gasteiger partial charge in [0, 0.05) is 19.3 Å². The van der Waals surface area contributed by atoms with Gasteiger partial charge in [-0.25, -0.2) is 4.79 Å². The molecule has 2 atom stereocenters. The van der Waals surface area contributed by atoms with E-state index >= 15 is 0 Å². The number of allylic oxidation sites excluding steroid dienone is 22. The fourth-order valence-corrected chi connectivity index (χ4v) is 7.00. The molecule has 0 aliphatic heterocycles. The van der Waals surface area contributed by atoms with E-state index in [9.17, 15) is 19.5 Å². The van der Waals surface area contributed by atoms with Gasteiger partial charge in [0.05, 0.1) is 34.4 Å². The molecule has 0 radical (unpaired) electrons. The summed E-state index contributed by atoms with van der Waals surface area (Å²) < 4.78 is 17.3. The van der Waals surface area contributed by atoms with E-state index in [1.165, 1.54) is 19.3 Å². The normalized spacial score (nSPS) is 13.9. The molecule has 0 aromatic rings. The predicted octanol–water partition coefficient (Wildman–Crippen LogP) is 15.9. The number of aliphatic carboxylic acids is 1. The highest BCUT2D eigenvalue weighted by Crippen LogP contribution is 2.13. The van der Waals surface area contributed by atoms with Crippen LogP contribution in [0.4, 0.5) is 0 Å². The SMILES string of the molecule is CC/C=C/C/C=C/C/C=C/C/C=C/C/C=C/C/C=C/CCCCCC(=O)OCC(COCCC(C(=O)O)[N+](C)(C)C)OC(=O)CCCCCCCCC/C=C/C/C=C/C/C=C/C/C=C/C/C=C/CC. The first kappa shape index (κ1) is 64.5. The molecule has 388 valence electrons. The van der Waals surface area contributed by atoms with E-state index < -0.39 is 18.1 Å².